The minimum atomic E-state index is 0.832. The summed E-state index contributed by atoms with van der Waals surface area (Å²) in [6.45, 7) is 0. The van der Waals surface area contributed by atoms with Gasteiger partial charge in [0.05, 0.1) is 45.7 Å². The lowest BCUT2D eigenvalue weighted by molar-refractivity contribution is 1.28. The fraction of sp³-hybridized carbons (Fsp3) is 0. The molecule has 110 valence electrons. The molecule has 8 heteroatoms. The number of aromatic nitrogens is 2. The van der Waals surface area contributed by atoms with Gasteiger partial charge in [-0.1, -0.05) is 12.1 Å². The number of hydrogen-bond acceptors (Lipinski definition) is 8. The maximum absolute atomic E-state index is 4.12. The van der Waals surface area contributed by atoms with E-state index in [0.29, 0.717) is 0 Å². The monoisotopic (exact) mass is 328 g/mol. The lowest BCUT2D eigenvalue weighted by atomic mass is 10.3. The van der Waals surface area contributed by atoms with Gasteiger partial charge in [0, 0.05) is 12.4 Å². The fourth-order valence-electron chi connectivity index (χ4n) is 1.29. The third-order valence-electron chi connectivity index (χ3n) is 2.19. The molecule has 0 bridgehead atoms. The Morgan fingerprint density at radius 2 is 1.23 bits per heavy atom. The summed E-state index contributed by atoms with van der Waals surface area (Å²) in [5.41, 5.74) is 1.66. The zero-order valence-electron chi connectivity index (χ0n) is 11.4. The van der Waals surface area contributed by atoms with Gasteiger partial charge < -0.3 is 0 Å². The molecule has 22 heavy (non-hydrogen) atoms. The van der Waals surface area contributed by atoms with E-state index >= 15 is 0 Å². The smallest absolute Gasteiger partial charge is 0.0938 e. The average molecular weight is 328 g/mol. The van der Waals surface area contributed by atoms with Gasteiger partial charge in [-0.05, 0) is 36.4 Å². The van der Waals surface area contributed by atoms with Crippen molar-refractivity contribution in [2.75, 3.05) is 0 Å². The number of pyridine rings is 2. The molecule has 0 aliphatic heterocycles. The van der Waals surface area contributed by atoms with Crippen molar-refractivity contribution in [3.63, 3.8) is 0 Å². The molecule has 0 spiro atoms. The zero-order chi connectivity index (χ0) is 15.3. The summed E-state index contributed by atoms with van der Waals surface area (Å²) in [5.74, 6) is 0. The minimum Gasteiger partial charge on any atom is -0.257 e. The molecule has 0 fully saturated rings. The van der Waals surface area contributed by atoms with Crippen molar-refractivity contribution in [3.8, 4) is 0 Å². The van der Waals surface area contributed by atoms with Gasteiger partial charge in [-0.25, -0.2) is 0 Å². The van der Waals surface area contributed by atoms with E-state index in [1.807, 2.05) is 36.4 Å². The molecule has 2 aromatic heterocycles. The van der Waals surface area contributed by atoms with E-state index < -0.39 is 0 Å². The SMILES string of the molecule is C(=Cc1ccccn1)N=NSSN=NC=Cc1ccccn1. The van der Waals surface area contributed by atoms with Gasteiger partial charge in [-0.3, -0.25) is 9.97 Å². The summed E-state index contributed by atoms with van der Waals surface area (Å²) in [5, 5.41) is 7.70. The highest BCUT2D eigenvalue weighted by Crippen LogP contribution is 2.24. The van der Waals surface area contributed by atoms with Gasteiger partial charge in [-0.2, -0.15) is 10.2 Å². The van der Waals surface area contributed by atoms with Crippen LogP contribution < -0.4 is 0 Å². The average Bonchev–Trinajstić information content (AvgIpc) is 2.58. The van der Waals surface area contributed by atoms with Gasteiger partial charge in [0.25, 0.3) is 0 Å². The van der Waals surface area contributed by atoms with E-state index in [2.05, 4.69) is 29.2 Å². The molecule has 0 N–H and O–H groups in total. The normalized spacial score (nSPS) is 12.2. The Morgan fingerprint density at radius 3 is 1.64 bits per heavy atom. The third-order valence-corrected chi connectivity index (χ3v) is 3.18. The van der Waals surface area contributed by atoms with E-state index in [9.17, 15) is 0 Å². The van der Waals surface area contributed by atoms with Crippen LogP contribution in [0.1, 0.15) is 11.4 Å². The molecule has 0 saturated heterocycles. The molecule has 0 aliphatic carbocycles. The molecule has 0 aliphatic rings. The minimum absolute atomic E-state index is 0.832. The summed E-state index contributed by atoms with van der Waals surface area (Å²) in [7, 11) is 2.26. The van der Waals surface area contributed by atoms with Crippen LogP contribution in [-0.2, 0) is 0 Å². The van der Waals surface area contributed by atoms with Gasteiger partial charge in [0.15, 0.2) is 0 Å². The first kappa shape index (κ1) is 16.1. The Labute approximate surface area is 136 Å². The highest BCUT2D eigenvalue weighted by molar-refractivity contribution is 8.75. The van der Waals surface area contributed by atoms with Crippen LogP contribution in [0, 0.1) is 0 Å². The molecule has 0 atom stereocenters. The fourth-order valence-corrected chi connectivity index (χ4v) is 1.95. The molecule has 0 saturated carbocycles. The van der Waals surface area contributed by atoms with Crippen LogP contribution >= 0.6 is 22.0 Å². The zero-order valence-corrected chi connectivity index (χ0v) is 13.1. The van der Waals surface area contributed by atoms with Crippen LogP contribution in [0.3, 0.4) is 0 Å². The second kappa shape index (κ2) is 10.4. The lowest BCUT2D eigenvalue weighted by Gasteiger charge is -1.87. The van der Waals surface area contributed by atoms with Gasteiger partial charge in [-0.15, -0.1) is 9.04 Å². The van der Waals surface area contributed by atoms with Crippen molar-refractivity contribution in [2.24, 2.45) is 19.3 Å². The highest BCUT2D eigenvalue weighted by atomic mass is 33.1. The van der Waals surface area contributed by atoms with E-state index in [4.69, 9.17) is 0 Å². The van der Waals surface area contributed by atoms with Crippen LogP contribution in [0.4, 0.5) is 0 Å². The number of hydrogen-bond donors (Lipinski definition) is 0. The Kier molecular flexibility index (Phi) is 7.60. The second-order valence-electron chi connectivity index (χ2n) is 3.68. The van der Waals surface area contributed by atoms with Gasteiger partial charge >= 0.3 is 0 Å². The van der Waals surface area contributed by atoms with Crippen molar-refractivity contribution >= 4 is 34.1 Å². The van der Waals surface area contributed by atoms with E-state index in [0.717, 1.165) is 33.3 Å². The third kappa shape index (κ3) is 6.91. The number of rotatable bonds is 7. The van der Waals surface area contributed by atoms with Crippen molar-refractivity contribution in [3.05, 3.63) is 72.6 Å². The standard InChI is InChI=1S/C14H12N6S2/c1-3-9-15-13(5-1)7-11-17-19-21-22-20-18-12-8-14-6-2-4-10-16-14/h1-12H. The molecule has 0 radical (unpaired) electrons. The molecule has 6 nitrogen and oxygen atoms in total. The van der Waals surface area contributed by atoms with Crippen LogP contribution in [0.15, 0.2) is 80.5 Å². The molecular weight excluding hydrogens is 316 g/mol. The highest BCUT2D eigenvalue weighted by Gasteiger charge is 1.84. The summed E-state index contributed by atoms with van der Waals surface area (Å²) in [4.78, 5) is 8.25. The number of nitrogens with zero attached hydrogens (tertiary/aromatic N) is 6. The van der Waals surface area contributed by atoms with E-state index in [1.54, 1.807) is 36.9 Å². The molecular formula is C14H12N6S2. The molecule has 0 unspecified atom stereocenters. The maximum Gasteiger partial charge on any atom is 0.0938 e. The van der Waals surface area contributed by atoms with E-state index in [1.165, 1.54) is 0 Å². The topological polar surface area (TPSA) is 75.2 Å². The van der Waals surface area contributed by atoms with E-state index in [-0.39, 0.29) is 0 Å². The summed E-state index contributed by atoms with van der Waals surface area (Å²) >= 11 is 0. The molecule has 2 rings (SSSR count). The summed E-state index contributed by atoms with van der Waals surface area (Å²) in [6.07, 6.45) is 10.1. The largest absolute Gasteiger partial charge is 0.257 e. The predicted molar refractivity (Wildman–Crippen MR) is 91.4 cm³/mol. The van der Waals surface area contributed by atoms with Crippen LogP contribution in [-0.4, -0.2) is 9.97 Å². The quantitative estimate of drug-likeness (QED) is 0.302. The van der Waals surface area contributed by atoms with Crippen molar-refractivity contribution in [1.82, 2.24) is 9.97 Å². The summed E-state index contributed by atoms with van der Waals surface area (Å²) < 4.78 is 7.68. The van der Waals surface area contributed by atoms with Crippen LogP contribution in [0.25, 0.3) is 12.2 Å². The van der Waals surface area contributed by atoms with Crippen molar-refractivity contribution in [2.45, 2.75) is 0 Å². The Bertz CT molecular complexity index is 596. The first-order valence-electron chi connectivity index (χ1n) is 6.23. The van der Waals surface area contributed by atoms with Crippen LogP contribution in [0.5, 0.6) is 0 Å². The first-order valence-corrected chi connectivity index (χ1v) is 8.30. The molecule has 0 aromatic carbocycles. The van der Waals surface area contributed by atoms with Gasteiger partial charge in [0.2, 0.25) is 0 Å². The Balaban J connectivity index is 1.62. The predicted octanol–water partition coefficient (Wildman–Crippen LogP) is 5.23. The lowest BCUT2D eigenvalue weighted by Crippen LogP contribution is -1.74. The second-order valence-corrected chi connectivity index (χ2v) is 5.20. The van der Waals surface area contributed by atoms with Gasteiger partial charge in [0.1, 0.15) is 0 Å². The first-order chi connectivity index (χ1) is 10.9. The molecule has 0 amide bonds. The maximum atomic E-state index is 4.12. The summed E-state index contributed by atoms with van der Waals surface area (Å²) in [6, 6.07) is 11.3. The Hall–Kier alpha value is -2.32. The molecule has 2 heterocycles. The Morgan fingerprint density at radius 1 is 0.727 bits per heavy atom. The van der Waals surface area contributed by atoms with Crippen molar-refractivity contribution < 1.29 is 0 Å². The van der Waals surface area contributed by atoms with Crippen molar-refractivity contribution in [1.29, 1.82) is 0 Å². The van der Waals surface area contributed by atoms with Crippen LogP contribution in [0.2, 0.25) is 0 Å². The molecule has 2 aromatic rings.